The summed E-state index contributed by atoms with van der Waals surface area (Å²) in [6, 6.07) is 6.94. The highest BCUT2D eigenvalue weighted by Gasteiger charge is 2.27. The van der Waals surface area contributed by atoms with E-state index in [9.17, 15) is 14.0 Å². The number of benzene rings is 1. The number of hydrogen-bond donors (Lipinski definition) is 3. The maximum absolute atomic E-state index is 13.1. The topological polar surface area (TPSA) is 62.6 Å². The van der Waals surface area contributed by atoms with Crippen LogP contribution in [0.5, 0.6) is 0 Å². The van der Waals surface area contributed by atoms with Crippen LogP contribution in [-0.2, 0) is 16.1 Å². The lowest BCUT2D eigenvalue weighted by atomic mass is 9.93. The van der Waals surface area contributed by atoms with Crippen LogP contribution in [0.3, 0.4) is 0 Å². The molecule has 1 unspecified atom stereocenters. The van der Waals surface area contributed by atoms with Gasteiger partial charge >= 0.3 is 0 Å². The van der Waals surface area contributed by atoms with E-state index in [1.807, 2.05) is 6.92 Å². The molecular weight excluding hydrogens is 333 g/mol. The molecule has 0 aliphatic heterocycles. The Morgan fingerprint density at radius 3 is 2.42 bits per heavy atom. The fraction of sp³-hybridized carbons (Fsp3) is 0.600. The molecule has 1 aromatic rings. The lowest BCUT2D eigenvalue weighted by Crippen LogP contribution is -3.15. The normalized spacial score (nSPS) is 16.1. The van der Waals surface area contributed by atoms with E-state index in [1.54, 1.807) is 12.1 Å². The molecule has 0 radical (unpaired) electrons. The Kier molecular flexibility index (Phi) is 8.54. The minimum atomic E-state index is -0.246. The molecule has 26 heavy (non-hydrogen) atoms. The van der Waals surface area contributed by atoms with Gasteiger partial charge < -0.3 is 15.5 Å². The van der Waals surface area contributed by atoms with E-state index in [-0.39, 0.29) is 24.2 Å². The van der Waals surface area contributed by atoms with E-state index in [2.05, 4.69) is 10.6 Å². The van der Waals surface area contributed by atoms with Gasteiger partial charge in [-0.1, -0.05) is 25.5 Å². The summed E-state index contributed by atoms with van der Waals surface area (Å²) in [6.07, 6.45) is 6.74. The van der Waals surface area contributed by atoms with Crippen molar-refractivity contribution < 1.29 is 18.9 Å². The number of halogens is 1. The molecule has 5 nitrogen and oxygen atoms in total. The Labute approximate surface area is 155 Å². The van der Waals surface area contributed by atoms with Crippen LogP contribution in [0.1, 0.15) is 51.0 Å². The molecule has 3 N–H and O–H groups in total. The second-order valence-corrected chi connectivity index (χ2v) is 7.10. The zero-order valence-electron chi connectivity index (χ0n) is 15.7. The lowest BCUT2D eigenvalue weighted by Gasteiger charge is -2.31. The highest BCUT2D eigenvalue weighted by molar-refractivity contribution is 5.84. The maximum atomic E-state index is 13.1. The quantitative estimate of drug-likeness (QED) is 0.616. The fourth-order valence-corrected chi connectivity index (χ4v) is 3.50. The second kappa shape index (κ2) is 10.9. The molecular formula is C20H31FN3O2+. The number of rotatable bonds is 9. The monoisotopic (exact) mass is 364 g/mol. The second-order valence-electron chi connectivity index (χ2n) is 7.10. The molecule has 0 saturated heterocycles. The highest BCUT2D eigenvalue weighted by atomic mass is 19.1. The molecule has 0 spiro atoms. The number of carbonyl (C=O) groups is 2. The van der Waals surface area contributed by atoms with Crippen LogP contribution in [0.25, 0.3) is 0 Å². The van der Waals surface area contributed by atoms with E-state index in [4.69, 9.17) is 0 Å². The summed E-state index contributed by atoms with van der Waals surface area (Å²) in [7, 11) is 0. The van der Waals surface area contributed by atoms with Gasteiger partial charge in [-0.25, -0.2) is 4.39 Å². The molecule has 1 aliphatic rings. The summed E-state index contributed by atoms with van der Waals surface area (Å²) in [6.45, 7) is 3.66. The van der Waals surface area contributed by atoms with Crippen LogP contribution in [0, 0.1) is 5.82 Å². The summed E-state index contributed by atoms with van der Waals surface area (Å²) in [5.74, 6) is -0.513. The van der Waals surface area contributed by atoms with Crippen molar-refractivity contribution >= 4 is 11.8 Å². The zero-order chi connectivity index (χ0) is 18.8. The molecule has 1 aromatic carbocycles. The van der Waals surface area contributed by atoms with Crippen LogP contribution in [0.4, 0.5) is 4.39 Å². The number of carbonyl (C=O) groups excluding carboxylic acids is 2. The van der Waals surface area contributed by atoms with Gasteiger partial charge in [-0.3, -0.25) is 9.59 Å². The predicted octanol–water partition coefficient (Wildman–Crippen LogP) is 1.19. The van der Waals surface area contributed by atoms with E-state index >= 15 is 0 Å². The van der Waals surface area contributed by atoms with Crippen molar-refractivity contribution in [1.29, 1.82) is 0 Å². The summed E-state index contributed by atoms with van der Waals surface area (Å²) in [5, 5.41) is 5.48. The smallest absolute Gasteiger partial charge is 0.275 e. The van der Waals surface area contributed by atoms with Gasteiger partial charge in [0.2, 0.25) is 5.91 Å². The standard InChI is InChI=1S/C20H30FN3O2/c1-2-12-22-19(25)13-23-20(26)15-24(18-6-4-3-5-7-18)14-16-8-10-17(21)11-9-16/h8-11,18H,2-7,12-15H2,1H3,(H,22,25)(H,23,26)/p+1. The molecule has 144 valence electrons. The van der Waals surface area contributed by atoms with Gasteiger partial charge in [-0.15, -0.1) is 0 Å². The maximum Gasteiger partial charge on any atom is 0.275 e. The Balaban J connectivity index is 1.91. The van der Waals surface area contributed by atoms with Crippen molar-refractivity contribution in [1.82, 2.24) is 10.6 Å². The highest BCUT2D eigenvalue weighted by Crippen LogP contribution is 2.15. The van der Waals surface area contributed by atoms with Crippen molar-refractivity contribution in [3.63, 3.8) is 0 Å². The molecule has 6 heteroatoms. The molecule has 1 atom stereocenters. The fourth-order valence-electron chi connectivity index (χ4n) is 3.50. The van der Waals surface area contributed by atoms with Crippen LogP contribution in [-0.4, -0.2) is 37.5 Å². The third kappa shape index (κ3) is 7.12. The lowest BCUT2D eigenvalue weighted by molar-refractivity contribution is -0.932. The first-order valence-corrected chi connectivity index (χ1v) is 9.71. The molecule has 1 aliphatic carbocycles. The van der Waals surface area contributed by atoms with E-state index < -0.39 is 0 Å². The van der Waals surface area contributed by atoms with Gasteiger partial charge in [0.05, 0.1) is 12.6 Å². The van der Waals surface area contributed by atoms with Crippen molar-refractivity contribution in [2.45, 2.75) is 58.0 Å². The van der Waals surface area contributed by atoms with Crippen LogP contribution < -0.4 is 15.5 Å². The average Bonchev–Trinajstić information content (AvgIpc) is 2.66. The number of amides is 2. The summed E-state index contributed by atoms with van der Waals surface area (Å²) in [5.41, 5.74) is 1.03. The molecule has 2 rings (SSSR count). The molecule has 1 saturated carbocycles. The zero-order valence-corrected chi connectivity index (χ0v) is 15.7. The van der Waals surface area contributed by atoms with Crippen LogP contribution in [0.15, 0.2) is 24.3 Å². The van der Waals surface area contributed by atoms with Crippen molar-refractivity contribution in [3.05, 3.63) is 35.6 Å². The van der Waals surface area contributed by atoms with Gasteiger partial charge in [0.1, 0.15) is 12.4 Å². The number of nitrogens with one attached hydrogen (secondary N) is 3. The average molecular weight is 364 g/mol. The summed E-state index contributed by atoms with van der Waals surface area (Å²) < 4.78 is 13.1. The predicted molar refractivity (Wildman–Crippen MR) is 99.1 cm³/mol. The molecule has 0 bridgehead atoms. The van der Waals surface area contributed by atoms with Crippen LogP contribution in [0.2, 0.25) is 0 Å². The van der Waals surface area contributed by atoms with Gasteiger partial charge in [-0.2, -0.15) is 0 Å². The van der Waals surface area contributed by atoms with Crippen molar-refractivity contribution in [2.75, 3.05) is 19.6 Å². The first kappa shape index (κ1) is 20.4. The van der Waals surface area contributed by atoms with Gasteiger partial charge in [0.15, 0.2) is 6.54 Å². The number of quaternary nitrogens is 1. The van der Waals surface area contributed by atoms with Gasteiger partial charge in [-0.05, 0) is 44.2 Å². The Bertz CT molecular complexity index is 571. The minimum absolute atomic E-state index is 0.0212. The Morgan fingerprint density at radius 1 is 1.08 bits per heavy atom. The van der Waals surface area contributed by atoms with Crippen molar-refractivity contribution in [3.8, 4) is 0 Å². The molecule has 0 heterocycles. The van der Waals surface area contributed by atoms with Gasteiger partial charge in [0.25, 0.3) is 5.91 Å². The first-order chi connectivity index (χ1) is 12.6. The Morgan fingerprint density at radius 2 is 1.77 bits per heavy atom. The van der Waals surface area contributed by atoms with Crippen LogP contribution >= 0.6 is 0 Å². The Hall–Kier alpha value is -1.95. The van der Waals surface area contributed by atoms with Crippen molar-refractivity contribution in [2.24, 2.45) is 0 Å². The SMILES string of the molecule is CCCNC(=O)CNC(=O)C[NH+](Cc1ccc(F)cc1)C1CCCCC1. The third-order valence-electron chi connectivity index (χ3n) is 4.93. The largest absolute Gasteiger partial charge is 0.355 e. The molecule has 1 fully saturated rings. The van der Waals surface area contributed by atoms with E-state index in [0.717, 1.165) is 24.8 Å². The van der Waals surface area contributed by atoms with E-state index in [0.29, 0.717) is 25.7 Å². The number of hydrogen-bond acceptors (Lipinski definition) is 2. The van der Waals surface area contributed by atoms with Gasteiger partial charge in [0, 0.05) is 12.1 Å². The first-order valence-electron chi connectivity index (χ1n) is 9.71. The third-order valence-corrected chi connectivity index (χ3v) is 4.93. The summed E-state index contributed by atoms with van der Waals surface area (Å²) in [4.78, 5) is 25.2. The van der Waals surface area contributed by atoms with E-state index in [1.165, 1.54) is 36.3 Å². The minimum Gasteiger partial charge on any atom is -0.355 e. The summed E-state index contributed by atoms with van der Waals surface area (Å²) >= 11 is 0. The molecule has 0 aromatic heterocycles. The molecule has 2 amide bonds.